The number of carbonyl (C=O) groups is 2. The molecule has 1 heterocycles. The number of carboxylic acids is 1. The Bertz CT molecular complexity index is 324. The van der Waals surface area contributed by atoms with E-state index in [1.54, 1.807) is 13.8 Å². The topological polar surface area (TPSA) is 66.8 Å². The van der Waals surface area contributed by atoms with Crippen molar-refractivity contribution in [3.63, 3.8) is 0 Å². The highest BCUT2D eigenvalue weighted by atomic mass is 16.5. The van der Waals surface area contributed by atoms with Crippen LogP contribution in [-0.4, -0.2) is 46.7 Å². The van der Waals surface area contributed by atoms with E-state index in [4.69, 9.17) is 4.74 Å². The molecule has 0 aliphatic carbocycles. The summed E-state index contributed by atoms with van der Waals surface area (Å²) in [7, 11) is 1.48. The Kier molecular flexibility index (Phi) is 3.81. The van der Waals surface area contributed by atoms with Gasteiger partial charge in [0.25, 0.3) is 5.91 Å². The van der Waals surface area contributed by atoms with Gasteiger partial charge in [0.2, 0.25) is 0 Å². The quantitative estimate of drug-likeness (QED) is 0.807. The van der Waals surface area contributed by atoms with Crippen molar-refractivity contribution >= 4 is 11.9 Å². The number of rotatable bonds is 4. The highest BCUT2D eigenvalue weighted by Crippen LogP contribution is 2.32. The number of nitrogens with zero attached hydrogens (tertiary/aromatic N) is 1. The monoisotopic (exact) mass is 243 g/mol. The summed E-state index contributed by atoms with van der Waals surface area (Å²) in [5.74, 6) is -1.18. The Hall–Kier alpha value is -1.10. The fourth-order valence-corrected chi connectivity index (χ4v) is 2.18. The second-order valence-electron chi connectivity index (χ2n) is 4.93. The molecule has 5 heteroatoms. The third-order valence-corrected chi connectivity index (χ3v) is 3.92. The number of methoxy groups -OCH3 is 1. The van der Waals surface area contributed by atoms with Crippen molar-refractivity contribution < 1.29 is 19.4 Å². The molecule has 1 saturated heterocycles. The zero-order valence-corrected chi connectivity index (χ0v) is 10.9. The summed E-state index contributed by atoms with van der Waals surface area (Å²) in [6, 6.07) is 0. The number of aliphatic carboxylic acids is 1. The lowest BCUT2D eigenvalue weighted by Crippen LogP contribution is -2.57. The highest BCUT2D eigenvalue weighted by Gasteiger charge is 2.50. The Balaban J connectivity index is 3.00. The van der Waals surface area contributed by atoms with Crippen LogP contribution in [0.1, 0.15) is 40.0 Å². The summed E-state index contributed by atoms with van der Waals surface area (Å²) < 4.78 is 5.25. The summed E-state index contributed by atoms with van der Waals surface area (Å²) >= 11 is 0. The molecule has 1 aliphatic heterocycles. The molecule has 2 unspecified atom stereocenters. The molecular weight excluding hydrogens is 222 g/mol. The first kappa shape index (κ1) is 14.0. The van der Waals surface area contributed by atoms with E-state index in [0.717, 1.165) is 6.42 Å². The van der Waals surface area contributed by atoms with Gasteiger partial charge in [-0.15, -0.1) is 0 Å². The molecule has 5 nitrogen and oxygen atoms in total. The molecule has 98 valence electrons. The van der Waals surface area contributed by atoms with E-state index in [2.05, 4.69) is 0 Å². The molecule has 1 fully saturated rings. The average Bonchev–Trinajstić information content (AvgIpc) is 2.70. The molecule has 1 rings (SSSR count). The molecule has 0 bridgehead atoms. The lowest BCUT2D eigenvalue weighted by atomic mass is 9.95. The largest absolute Gasteiger partial charge is 0.480 e. The smallest absolute Gasteiger partial charge is 0.329 e. The van der Waals surface area contributed by atoms with Gasteiger partial charge in [-0.1, -0.05) is 6.92 Å². The molecule has 0 aromatic rings. The molecule has 17 heavy (non-hydrogen) atoms. The van der Waals surface area contributed by atoms with Crippen molar-refractivity contribution in [2.75, 3.05) is 13.7 Å². The van der Waals surface area contributed by atoms with E-state index in [1.165, 1.54) is 12.0 Å². The van der Waals surface area contributed by atoms with Crippen LogP contribution in [0.3, 0.4) is 0 Å². The summed E-state index contributed by atoms with van der Waals surface area (Å²) in [6.07, 6.45) is 1.74. The molecule has 1 amide bonds. The molecule has 1 aliphatic rings. The van der Waals surface area contributed by atoms with Crippen molar-refractivity contribution in [3.8, 4) is 0 Å². The Morgan fingerprint density at radius 1 is 1.53 bits per heavy atom. The predicted molar refractivity (Wildman–Crippen MR) is 62.7 cm³/mol. The zero-order valence-electron chi connectivity index (χ0n) is 10.9. The van der Waals surface area contributed by atoms with Gasteiger partial charge >= 0.3 is 5.97 Å². The molecule has 2 atom stereocenters. The Labute approximate surface area is 102 Å². The number of hydrogen-bond donors (Lipinski definition) is 1. The molecule has 0 radical (unpaired) electrons. The third-order valence-electron chi connectivity index (χ3n) is 3.92. The number of hydrogen-bond acceptors (Lipinski definition) is 3. The summed E-state index contributed by atoms with van der Waals surface area (Å²) in [5.41, 5.74) is -2.02. The molecule has 1 N–H and O–H groups in total. The lowest BCUT2D eigenvalue weighted by molar-refractivity contribution is -0.166. The first-order valence-corrected chi connectivity index (χ1v) is 5.92. The van der Waals surface area contributed by atoms with Gasteiger partial charge in [-0.3, -0.25) is 4.79 Å². The second-order valence-corrected chi connectivity index (χ2v) is 4.93. The van der Waals surface area contributed by atoms with Crippen LogP contribution in [0.2, 0.25) is 0 Å². The van der Waals surface area contributed by atoms with Gasteiger partial charge in [0, 0.05) is 13.7 Å². The first-order valence-electron chi connectivity index (χ1n) is 5.92. The van der Waals surface area contributed by atoms with Gasteiger partial charge in [0.15, 0.2) is 0 Å². The van der Waals surface area contributed by atoms with Crippen molar-refractivity contribution in [2.45, 2.75) is 51.2 Å². The highest BCUT2D eigenvalue weighted by molar-refractivity contribution is 5.91. The van der Waals surface area contributed by atoms with Crippen molar-refractivity contribution in [1.82, 2.24) is 4.90 Å². The number of ether oxygens (including phenoxy) is 1. The number of carbonyl (C=O) groups excluding carboxylic acids is 1. The van der Waals surface area contributed by atoms with Gasteiger partial charge in [0.05, 0.1) is 0 Å². The lowest BCUT2D eigenvalue weighted by Gasteiger charge is -2.37. The average molecular weight is 243 g/mol. The standard InChI is InChI=1S/C12H21NO4/c1-5-12(3,17-4)9(14)13-8-6-7-11(13,2)10(15)16/h5-8H2,1-4H3,(H,15,16). The minimum Gasteiger partial charge on any atom is -0.480 e. The van der Waals surface area contributed by atoms with E-state index >= 15 is 0 Å². The van der Waals surface area contributed by atoms with E-state index in [0.29, 0.717) is 19.4 Å². The number of amides is 1. The van der Waals surface area contributed by atoms with Crippen LogP contribution >= 0.6 is 0 Å². The summed E-state index contributed by atoms with van der Waals surface area (Å²) in [6.45, 7) is 5.65. The van der Waals surface area contributed by atoms with E-state index in [-0.39, 0.29) is 5.91 Å². The van der Waals surface area contributed by atoms with Gasteiger partial charge in [-0.25, -0.2) is 4.79 Å². The fourth-order valence-electron chi connectivity index (χ4n) is 2.18. The normalized spacial score (nSPS) is 27.9. The van der Waals surface area contributed by atoms with E-state index in [1.807, 2.05) is 6.92 Å². The minimum atomic E-state index is -1.09. The van der Waals surface area contributed by atoms with Gasteiger partial charge < -0.3 is 14.7 Å². The van der Waals surface area contributed by atoms with Crippen LogP contribution in [0.5, 0.6) is 0 Å². The number of likely N-dealkylation sites (tertiary alicyclic amines) is 1. The van der Waals surface area contributed by atoms with Crippen LogP contribution < -0.4 is 0 Å². The Morgan fingerprint density at radius 2 is 2.12 bits per heavy atom. The molecule has 0 aromatic carbocycles. The van der Waals surface area contributed by atoms with Crippen molar-refractivity contribution in [1.29, 1.82) is 0 Å². The molecule has 0 saturated carbocycles. The molecular formula is C12H21NO4. The van der Waals surface area contributed by atoms with Crippen molar-refractivity contribution in [3.05, 3.63) is 0 Å². The SMILES string of the molecule is CCC(C)(OC)C(=O)N1CCCC1(C)C(=O)O. The second kappa shape index (κ2) is 4.64. The third kappa shape index (κ3) is 2.16. The summed E-state index contributed by atoms with van der Waals surface area (Å²) in [4.78, 5) is 25.1. The zero-order chi connectivity index (χ0) is 13.3. The maximum Gasteiger partial charge on any atom is 0.329 e. The number of carboxylic acid groups (broad SMARTS) is 1. The molecule has 0 aromatic heterocycles. The maximum absolute atomic E-state index is 12.4. The van der Waals surface area contributed by atoms with E-state index < -0.39 is 17.1 Å². The first-order chi connectivity index (χ1) is 7.81. The van der Waals surface area contributed by atoms with Crippen LogP contribution in [0.15, 0.2) is 0 Å². The van der Waals surface area contributed by atoms with Crippen LogP contribution in [-0.2, 0) is 14.3 Å². The van der Waals surface area contributed by atoms with Crippen LogP contribution in [0.25, 0.3) is 0 Å². The van der Waals surface area contributed by atoms with Gasteiger partial charge in [0.1, 0.15) is 11.1 Å². The fraction of sp³-hybridized carbons (Fsp3) is 0.833. The van der Waals surface area contributed by atoms with Crippen molar-refractivity contribution in [2.24, 2.45) is 0 Å². The van der Waals surface area contributed by atoms with E-state index in [9.17, 15) is 14.7 Å². The van der Waals surface area contributed by atoms with Gasteiger partial charge in [-0.05, 0) is 33.1 Å². The van der Waals surface area contributed by atoms with Crippen LogP contribution in [0.4, 0.5) is 0 Å². The Morgan fingerprint density at radius 3 is 2.53 bits per heavy atom. The minimum absolute atomic E-state index is 0.232. The van der Waals surface area contributed by atoms with Crippen LogP contribution in [0, 0.1) is 0 Å². The molecule has 0 spiro atoms. The summed E-state index contributed by atoms with van der Waals surface area (Å²) in [5, 5.41) is 9.27. The maximum atomic E-state index is 12.4. The predicted octanol–water partition coefficient (Wildman–Crippen LogP) is 1.27. The van der Waals surface area contributed by atoms with Gasteiger partial charge in [-0.2, -0.15) is 0 Å².